The van der Waals surface area contributed by atoms with E-state index in [2.05, 4.69) is 10.4 Å². The molecule has 4 heteroatoms. The lowest BCUT2D eigenvalue weighted by Crippen LogP contribution is -2.14. The van der Waals surface area contributed by atoms with E-state index >= 15 is 0 Å². The second-order valence-corrected chi connectivity index (χ2v) is 5.16. The summed E-state index contributed by atoms with van der Waals surface area (Å²) < 4.78 is 1.75. The van der Waals surface area contributed by atoms with Crippen LogP contribution in [0.2, 0.25) is 0 Å². The van der Waals surface area contributed by atoms with Crippen LogP contribution in [0, 0.1) is 0 Å². The number of amides is 1. The molecule has 3 aromatic rings. The first-order valence-electron chi connectivity index (χ1n) is 7.14. The number of aromatic nitrogens is 2. The summed E-state index contributed by atoms with van der Waals surface area (Å²) in [5.41, 5.74) is 3.76. The van der Waals surface area contributed by atoms with E-state index in [-0.39, 0.29) is 5.91 Å². The molecule has 1 heterocycles. The highest BCUT2D eigenvalue weighted by molar-refractivity contribution is 5.96. The summed E-state index contributed by atoms with van der Waals surface area (Å²) in [6.45, 7) is 0. The van der Waals surface area contributed by atoms with Gasteiger partial charge in [-0.15, -0.1) is 0 Å². The maximum absolute atomic E-state index is 12.2. The average molecular weight is 291 g/mol. The van der Waals surface area contributed by atoms with Gasteiger partial charge in [0.2, 0.25) is 5.91 Å². The van der Waals surface area contributed by atoms with Crippen LogP contribution in [0.1, 0.15) is 5.56 Å². The fourth-order valence-electron chi connectivity index (χ4n) is 2.38. The van der Waals surface area contributed by atoms with Gasteiger partial charge in [-0.1, -0.05) is 48.5 Å². The van der Waals surface area contributed by atoms with Crippen molar-refractivity contribution in [1.29, 1.82) is 0 Å². The van der Waals surface area contributed by atoms with E-state index < -0.39 is 0 Å². The van der Waals surface area contributed by atoms with Crippen molar-refractivity contribution in [3.8, 4) is 11.1 Å². The minimum Gasteiger partial charge on any atom is -0.325 e. The zero-order chi connectivity index (χ0) is 15.4. The lowest BCUT2D eigenvalue weighted by molar-refractivity contribution is -0.115. The first kappa shape index (κ1) is 14.1. The number of nitrogens with zero attached hydrogens (tertiary/aromatic N) is 2. The van der Waals surface area contributed by atoms with Gasteiger partial charge in [-0.25, -0.2) is 0 Å². The Morgan fingerprint density at radius 3 is 2.55 bits per heavy atom. The highest BCUT2D eigenvalue weighted by Gasteiger charge is 2.10. The Bertz CT molecular complexity index is 778. The van der Waals surface area contributed by atoms with E-state index in [1.165, 1.54) is 0 Å². The van der Waals surface area contributed by atoms with Crippen LogP contribution in [-0.2, 0) is 18.3 Å². The molecule has 110 valence electrons. The Kier molecular flexibility index (Phi) is 4.01. The maximum Gasteiger partial charge on any atom is 0.228 e. The second kappa shape index (κ2) is 6.26. The molecule has 1 amide bonds. The van der Waals surface area contributed by atoms with Crippen molar-refractivity contribution < 1.29 is 4.79 Å². The van der Waals surface area contributed by atoms with Crippen molar-refractivity contribution in [1.82, 2.24) is 9.78 Å². The second-order valence-electron chi connectivity index (χ2n) is 5.16. The number of carbonyl (C=O) groups excluding carboxylic acids is 1. The topological polar surface area (TPSA) is 46.9 Å². The molecule has 0 aliphatic rings. The van der Waals surface area contributed by atoms with Crippen molar-refractivity contribution in [3.63, 3.8) is 0 Å². The Morgan fingerprint density at radius 2 is 1.82 bits per heavy atom. The lowest BCUT2D eigenvalue weighted by Gasteiger charge is -2.10. The van der Waals surface area contributed by atoms with E-state index in [9.17, 15) is 4.79 Å². The molecule has 0 saturated carbocycles. The molecule has 0 spiro atoms. The third kappa shape index (κ3) is 3.23. The van der Waals surface area contributed by atoms with Gasteiger partial charge in [0, 0.05) is 30.1 Å². The SMILES string of the molecule is Cn1cc(-c2ccccc2NC(=O)Cc2ccccc2)cn1. The molecule has 0 radical (unpaired) electrons. The molecule has 1 N–H and O–H groups in total. The molecule has 0 atom stereocenters. The largest absolute Gasteiger partial charge is 0.325 e. The first-order valence-corrected chi connectivity index (χ1v) is 7.14. The fourth-order valence-corrected chi connectivity index (χ4v) is 2.38. The third-order valence-electron chi connectivity index (χ3n) is 3.42. The minimum absolute atomic E-state index is 0.0254. The van der Waals surface area contributed by atoms with Gasteiger partial charge in [-0.3, -0.25) is 9.48 Å². The van der Waals surface area contributed by atoms with Gasteiger partial charge in [-0.2, -0.15) is 5.10 Å². The average Bonchev–Trinajstić information content (AvgIpc) is 2.95. The normalized spacial score (nSPS) is 10.4. The Balaban J connectivity index is 1.79. The number of para-hydroxylation sites is 1. The molecule has 22 heavy (non-hydrogen) atoms. The molecule has 0 bridgehead atoms. The van der Waals surface area contributed by atoms with E-state index in [1.807, 2.05) is 67.8 Å². The van der Waals surface area contributed by atoms with Gasteiger partial charge in [0.15, 0.2) is 0 Å². The van der Waals surface area contributed by atoms with Gasteiger partial charge in [-0.05, 0) is 11.6 Å². The Hall–Kier alpha value is -2.88. The molecule has 1 aromatic heterocycles. The van der Waals surface area contributed by atoms with Gasteiger partial charge >= 0.3 is 0 Å². The predicted molar refractivity (Wildman–Crippen MR) is 87.4 cm³/mol. The predicted octanol–water partition coefficient (Wildman–Crippen LogP) is 3.27. The molecule has 4 nitrogen and oxygen atoms in total. The summed E-state index contributed by atoms with van der Waals surface area (Å²) in [6, 6.07) is 17.5. The molecule has 0 saturated heterocycles. The Labute approximate surface area is 129 Å². The van der Waals surface area contributed by atoms with Crippen LogP contribution in [0.4, 0.5) is 5.69 Å². The van der Waals surface area contributed by atoms with Crippen LogP contribution in [0.25, 0.3) is 11.1 Å². The van der Waals surface area contributed by atoms with Crippen LogP contribution in [0.3, 0.4) is 0 Å². The third-order valence-corrected chi connectivity index (χ3v) is 3.42. The number of hydrogen-bond acceptors (Lipinski definition) is 2. The number of nitrogens with one attached hydrogen (secondary N) is 1. The molecule has 2 aromatic carbocycles. The van der Waals surface area contributed by atoms with Gasteiger partial charge < -0.3 is 5.32 Å². The standard InChI is InChI=1S/C18H17N3O/c1-21-13-15(12-19-21)16-9-5-6-10-17(16)20-18(22)11-14-7-3-2-4-8-14/h2-10,12-13H,11H2,1H3,(H,20,22). The molecular weight excluding hydrogens is 274 g/mol. The number of aryl methyl sites for hydroxylation is 1. The van der Waals surface area contributed by atoms with E-state index in [0.29, 0.717) is 6.42 Å². The molecule has 0 unspecified atom stereocenters. The quantitative estimate of drug-likeness (QED) is 0.802. The van der Waals surface area contributed by atoms with Gasteiger partial charge in [0.05, 0.1) is 12.6 Å². The van der Waals surface area contributed by atoms with Crippen molar-refractivity contribution in [2.24, 2.45) is 7.05 Å². The smallest absolute Gasteiger partial charge is 0.228 e. The van der Waals surface area contributed by atoms with Gasteiger partial charge in [0.1, 0.15) is 0 Å². The first-order chi connectivity index (χ1) is 10.7. The zero-order valence-electron chi connectivity index (χ0n) is 12.4. The zero-order valence-corrected chi connectivity index (χ0v) is 12.4. The maximum atomic E-state index is 12.2. The summed E-state index contributed by atoms with van der Waals surface area (Å²) >= 11 is 0. The highest BCUT2D eigenvalue weighted by Crippen LogP contribution is 2.27. The van der Waals surface area contributed by atoms with Crippen molar-refractivity contribution >= 4 is 11.6 Å². The fraction of sp³-hybridized carbons (Fsp3) is 0.111. The lowest BCUT2D eigenvalue weighted by atomic mass is 10.1. The Morgan fingerprint density at radius 1 is 1.09 bits per heavy atom. The van der Waals surface area contributed by atoms with Crippen molar-refractivity contribution in [2.45, 2.75) is 6.42 Å². The number of benzene rings is 2. The van der Waals surface area contributed by atoms with Crippen LogP contribution < -0.4 is 5.32 Å². The molecule has 0 aliphatic heterocycles. The van der Waals surface area contributed by atoms with Crippen LogP contribution in [-0.4, -0.2) is 15.7 Å². The summed E-state index contributed by atoms with van der Waals surface area (Å²) in [5.74, 6) is -0.0254. The number of anilines is 1. The molecule has 3 rings (SSSR count). The van der Waals surface area contributed by atoms with E-state index in [0.717, 1.165) is 22.4 Å². The molecule has 0 fully saturated rings. The molecular formula is C18H17N3O. The monoisotopic (exact) mass is 291 g/mol. The van der Waals surface area contributed by atoms with Gasteiger partial charge in [0.25, 0.3) is 0 Å². The van der Waals surface area contributed by atoms with Crippen LogP contribution in [0.5, 0.6) is 0 Å². The van der Waals surface area contributed by atoms with Crippen molar-refractivity contribution in [3.05, 3.63) is 72.6 Å². The van der Waals surface area contributed by atoms with Crippen LogP contribution in [0.15, 0.2) is 67.0 Å². The van der Waals surface area contributed by atoms with E-state index in [1.54, 1.807) is 10.9 Å². The summed E-state index contributed by atoms with van der Waals surface area (Å²) in [7, 11) is 1.88. The van der Waals surface area contributed by atoms with Crippen LogP contribution >= 0.6 is 0 Å². The highest BCUT2D eigenvalue weighted by atomic mass is 16.1. The minimum atomic E-state index is -0.0254. The number of hydrogen-bond donors (Lipinski definition) is 1. The van der Waals surface area contributed by atoms with E-state index in [4.69, 9.17) is 0 Å². The summed E-state index contributed by atoms with van der Waals surface area (Å²) in [4.78, 5) is 12.2. The summed E-state index contributed by atoms with van der Waals surface area (Å²) in [6.07, 6.45) is 4.09. The van der Waals surface area contributed by atoms with Crippen molar-refractivity contribution in [2.75, 3.05) is 5.32 Å². The molecule has 0 aliphatic carbocycles. The number of rotatable bonds is 4. The summed E-state index contributed by atoms with van der Waals surface area (Å²) in [5, 5.41) is 7.18. The number of carbonyl (C=O) groups is 1.